The zero-order chi connectivity index (χ0) is 17.7. The number of rotatable bonds is 7. The standard InChI is InChI=1S/C17H16FNO5/c1-3-11-4-6-17(14(8-11)19(21)22)24-10-15(20)12-5-7-16(23-2)13(18)9-12/h4-9H,3,10H2,1-2H3. The summed E-state index contributed by atoms with van der Waals surface area (Å²) in [5.41, 5.74) is 0.682. The largest absolute Gasteiger partial charge is 0.494 e. The second-order valence-corrected chi connectivity index (χ2v) is 4.97. The fourth-order valence-corrected chi connectivity index (χ4v) is 2.11. The smallest absolute Gasteiger partial charge is 0.311 e. The first-order valence-corrected chi connectivity index (χ1v) is 7.23. The Bertz CT molecular complexity index is 776. The van der Waals surface area contributed by atoms with Crippen molar-refractivity contribution in [1.82, 2.24) is 0 Å². The maximum atomic E-state index is 13.6. The number of ether oxygens (including phenoxy) is 2. The molecule has 0 aromatic heterocycles. The zero-order valence-electron chi connectivity index (χ0n) is 13.2. The first-order valence-electron chi connectivity index (χ1n) is 7.23. The van der Waals surface area contributed by atoms with Crippen LogP contribution in [0.1, 0.15) is 22.8 Å². The van der Waals surface area contributed by atoms with Gasteiger partial charge in [-0.2, -0.15) is 0 Å². The Hall–Kier alpha value is -2.96. The summed E-state index contributed by atoms with van der Waals surface area (Å²) in [7, 11) is 1.32. The highest BCUT2D eigenvalue weighted by Gasteiger charge is 2.18. The van der Waals surface area contributed by atoms with Crippen LogP contribution in [0.4, 0.5) is 10.1 Å². The number of methoxy groups -OCH3 is 1. The summed E-state index contributed by atoms with van der Waals surface area (Å²) in [4.78, 5) is 22.6. The van der Waals surface area contributed by atoms with E-state index in [1.54, 1.807) is 6.07 Å². The maximum absolute atomic E-state index is 13.6. The number of nitrogens with zero attached hydrogens (tertiary/aromatic N) is 1. The van der Waals surface area contributed by atoms with Crippen molar-refractivity contribution in [3.63, 3.8) is 0 Å². The van der Waals surface area contributed by atoms with E-state index in [9.17, 15) is 19.3 Å². The van der Waals surface area contributed by atoms with E-state index in [0.29, 0.717) is 6.42 Å². The minimum atomic E-state index is -0.665. The van der Waals surface area contributed by atoms with Crippen molar-refractivity contribution in [2.24, 2.45) is 0 Å². The molecule has 0 amide bonds. The molecule has 24 heavy (non-hydrogen) atoms. The van der Waals surface area contributed by atoms with Crippen LogP contribution < -0.4 is 9.47 Å². The van der Waals surface area contributed by atoms with Gasteiger partial charge in [-0.1, -0.05) is 13.0 Å². The summed E-state index contributed by atoms with van der Waals surface area (Å²) in [5.74, 6) is -1.13. The quantitative estimate of drug-likeness (QED) is 0.440. The van der Waals surface area contributed by atoms with Crippen molar-refractivity contribution in [2.75, 3.05) is 13.7 Å². The first-order chi connectivity index (χ1) is 11.5. The van der Waals surface area contributed by atoms with E-state index in [2.05, 4.69) is 0 Å². The number of hydrogen-bond acceptors (Lipinski definition) is 5. The lowest BCUT2D eigenvalue weighted by molar-refractivity contribution is -0.385. The Morgan fingerprint density at radius 3 is 2.50 bits per heavy atom. The number of benzene rings is 2. The molecule has 0 fully saturated rings. The third kappa shape index (κ3) is 3.87. The second-order valence-electron chi connectivity index (χ2n) is 4.97. The number of nitro benzene ring substituents is 1. The van der Waals surface area contributed by atoms with Crippen LogP contribution in [0.2, 0.25) is 0 Å². The summed E-state index contributed by atoms with van der Waals surface area (Å²) >= 11 is 0. The van der Waals surface area contributed by atoms with Gasteiger partial charge >= 0.3 is 5.69 Å². The van der Waals surface area contributed by atoms with Crippen molar-refractivity contribution >= 4 is 11.5 Å². The Morgan fingerprint density at radius 2 is 1.92 bits per heavy atom. The molecule has 0 bridgehead atoms. The fourth-order valence-electron chi connectivity index (χ4n) is 2.11. The van der Waals surface area contributed by atoms with E-state index in [1.165, 1.54) is 31.4 Å². The number of aryl methyl sites for hydroxylation is 1. The lowest BCUT2D eigenvalue weighted by atomic mass is 10.1. The van der Waals surface area contributed by atoms with E-state index in [1.807, 2.05) is 6.92 Å². The highest BCUT2D eigenvalue weighted by molar-refractivity contribution is 5.97. The van der Waals surface area contributed by atoms with Crippen LogP contribution in [-0.4, -0.2) is 24.4 Å². The number of ketones is 1. The van der Waals surface area contributed by atoms with Gasteiger partial charge in [-0.3, -0.25) is 14.9 Å². The molecule has 2 rings (SSSR count). The van der Waals surface area contributed by atoms with E-state index in [4.69, 9.17) is 9.47 Å². The molecule has 0 radical (unpaired) electrons. The Labute approximate surface area is 138 Å². The Morgan fingerprint density at radius 1 is 1.21 bits per heavy atom. The summed E-state index contributed by atoms with van der Waals surface area (Å²) < 4.78 is 23.7. The van der Waals surface area contributed by atoms with E-state index >= 15 is 0 Å². The van der Waals surface area contributed by atoms with Crippen molar-refractivity contribution in [3.8, 4) is 11.5 Å². The number of carbonyl (C=O) groups excluding carboxylic acids is 1. The molecular formula is C17H16FNO5. The van der Waals surface area contributed by atoms with Gasteiger partial charge in [-0.25, -0.2) is 4.39 Å². The van der Waals surface area contributed by atoms with Crippen LogP contribution in [0.15, 0.2) is 36.4 Å². The molecule has 0 aliphatic heterocycles. The van der Waals surface area contributed by atoms with Crippen LogP contribution >= 0.6 is 0 Å². The molecule has 0 aliphatic carbocycles. The zero-order valence-corrected chi connectivity index (χ0v) is 13.2. The normalized spacial score (nSPS) is 10.3. The van der Waals surface area contributed by atoms with Crippen molar-refractivity contribution < 1.29 is 23.6 Å². The number of hydrogen-bond donors (Lipinski definition) is 0. The number of nitro groups is 1. The molecule has 0 heterocycles. The SMILES string of the molecule is CCc1ccc(OCC(=O)c2ccc(OC)c(F)c2)c([N+](=O)[O-])c1. The molecule has 0 aliphatic rings. The van der Waals surface area contributed by atoms with Gasteiger partial charge in [-0.05, 0) is 36.2 Å². The summed E-state index contributed by atoms with van der Waals surface area (Å²) in [5, 5.41) is 11.1. The third-order valence-electron chi connectivity index (χ3n) is 3.46. The highest BCUT2D eigenvalue weighted by atomic mass is 19.1. The van der Waals surface area contributed by atoms with Gasteiger partial charge in [0, 0.05) is 11.6 Å². The maximum Gasteiger partial charge on any atom is 0.311 e. The molecule has 7 heteroatoms. The van der Waals surface area contributed by atoms with Gasteiger partial charge in [0.25, 0.3) is 0 Å². The van der Waals surface area contributed by atoms with Crippen LogP contribution in [0.5, 0.6) is 11.5 Å². The summed E-state index contributed by atoms with van der Waals surface area (Å²) in [6, 6.07) is 8.34. The molecule has 6 nitrogen and oxygen atoms in total. The molecule has 0 N–H and O–H groups in total. The molecule has 2 aromatic carbocycles. The number of Topliss-reactive ketones (excluding diaryl/α,β-unsaturated/α-hetero) is 1. The number of carbonyl (C=O) groups is 1. The van der Waals surface area contributed by atoms with Crippen LogP contribution in [0, 0.1) is 15.9 Å². The van der Waals surface area contributed by atoms with Gasteiger partial charge in [0.05, 0.1) is 12.0 Å². The van der Waals surface area contributed by atoms with Crippen molar-refractivity contribution in [1.29, 1.82) is 0 Å². The molecular weight excluding hydrogens is 317 g/mol. The number of halogens is 1. The molecule has 0 atom stereocenters. The molecule has 126 valence electrons. The van der Waals surface area contributed by atoms with Gasteiger partial charge in [-0.15, -0.1) is 0 Å². The molecule has 0 saturated heterocycles. The minimum absolute atomic E-state index is 0.000432. The predicted octanol–water partition coefficient (Wildman–Crippen LogP) is 3.57. The van der Waals surface area contributed by atoms with Crippen LogP contribution in [0.25, 0.3) is 0 Å². The lowest BCUT2D eigenvalue weighted by Crippen LogP contribution is -2.12. The van der Waals surface area contributed by atoms with E-state index < -0.39 is 23.1 Å². The first kappa shape index (κ1) is 17.4. The Kier molecular flexibility index (Phi) is 5.47. The topological polar surface area (TPSA) is 78.7 Å². The second kappa shape index (κ2) is 7.54. The highest BCUT2D eigenvalue weighted by Crippen LogP contribution is 2.28. The molecule has 2 aromatic rings. The van der Waals surface area contributed by atoms with Crippen LogP contribution in [0.3, 0.4) is 0 Å². The third-order valence-corrected chi connectivity index (χ3v) is 3.46. The lowest BCUT2D eigenvalue weighted by Gasteiger charge is -2.08. The van der Waals surface area contributed by atoms with Crippen LogP contribution in [-0.2, 0) is 6.42 Å². The molecule has 0 saturated carbocycles. The van der Waals surface area contributed by atoms with Crippen molar-refractivity contribution in [3.05, 3.63) is 63.5 Å². The van der Waals surface area contributed by atoms with Gasteiger partial charge in [0.2, 0.25) is 0 Å². The predicted molar refractivity (Wildman–Crippen MR) is 85.3 cm³/mol. The van der Waals surface area contributed by atoms with Crippen molar-refractivity contribution in [2.45, 2.75) is 13.3 Å². The van der Waals surface area contributed by atoms with Gasteiger partial charge in [0.1, 0.15) is 0 Å². The summed E-state index contributed by atoms with van der Waals surface area (Å²) in [6.07, 6.45) is 0.644. The van der Waals surface area contributed by atoms with E-state index in [0.717, 1.165) is 11.6 Å². The van der Waals surface area contributed by atoms with Gasteiger partial charge in [0.15, 0.2) is 29.7 Å². The molecule has 0 unspecified atom stereocenters. The Balaban J connectivity index is 2.14. The average Bonchev–Trinajstić information content (AvgIpc) is 2.59. The van der Waals surface area contributed by atoms with Gasteiger partial charge < -0.3 is 9.47 Å². The fraction of sp³-hybridized carbons (Fsp3) is 0.235. The minimum Gasteiger partial charge on any atom is -0.494 e. The monoisotopic (exact) mass is 333 g/mol. The molecule has 0 spiro atoms. The van der Waals surface area contributed by atoms with E-state index in [-0.39, 0.29) is 22.7 Å². The summed E-state index contributed by atoms with van der Waals surface area (Å²) in [6.45, 7) is 1.44. The average molecular weight is 333 g/mol.